The molecule has 6 heteroatoms. The first-order valence-electron chi connectivity index (χ1n) is 29.3. The predicted molar refractivity (Wildman–Crippen MR) is 324 cm³/mol. The standard InChI is InChI=1S/C69H104O6/c1-4-7-10-13-16-19-22-24-26-28-29-30-31-32-33-34-35-36-37-38-39-41-42-44-47-50-53-56-59-62-68(71)74-65-66(64-73-67(70)61-58-55-52-49-46-21-18-15-12-9-6-3)75-69(72)63-60-57-54-51-48-45-43-40-27-25-23-20-17-14-11-8-5-2/h7-8,10-11,15-20,24-27,29-30,32-33,35-36,38-39,42-45,50-51,53-54,66H,4-6,9,12-14,21-23,28,31,34,37,40-41,46-49,52,55-65H2,1-3H3/b10-7-,11-8-,18-15-,19-16-,20-17-,26-24-,27-25-,30-29-,33-32-,36-35-,39-38-,44-42-,45-43-,53-50-,54-51-. The number of ether oxygens (including phenoxy) is 3. The van der Waals surface area contributed by atoms with Crippen molar-refractivity contribution in [1.29, 1.82) is 0 Å². The van der Waals surface area contributed by atoms with E-state index in [1.165, 1.54) is 19.3 Å². The van der Waals surface area contributed by atoms with Crippen LogP contribution in [0.3, 0.4) is 0 Å². The van der Waals surface area contributed by atoms with E-state index < -0.39 is 12.1 Å². The second-order valence-corrected chi connectivity index (χ2v) is 18.4. The predicted octanol–water partition coefficient (Wildman–Crippen LogP) is 20.1. The Hall–Kier alpha value is -5.49. The minimum Gasteiger partial charge on any atom is -0.462 e. The van der Waals surface area contributed by atoms with E-state index >= 15 is 0 Å². The van der Waals surface area contributed by atoms with Crippen LogP contribution in [0.2, 0.25) is 0 Å². The van der Waals surface area contributed by atoms with Crippen LogP contribution in [0.15, 0.2) is 182 Å². The van der Waals surface area contributed by atoms with Crippen molar-refractivity contribution in [3.05, 3.63) is 182 Å². The molecule has 6 nitrogen and oxygen atoms in total. The van der Waals surface area contributed by atoms with Crippen molar-refractivity contribution in [3.63, 3.8) is 0 Å². The van der Waals surface area contributed by atoms with Gasteiger partial charge in [0.2, 0.25) is 0 Å². The van der Waals surface area contributed by atoms with Crippen LogP contribution in [0.25, 0.3) is 0 Å². The van der Waals surface area contributed by atoms with E-state index in [4.69, 9.17) is 14.2 Å². The van der Waals surface area contributed by atoms with E-state index in [-0.39, 0.29) is 38.0 Å². The van der Waals surface area contributed by atoms with Crippen LogP contribution in [-0.4, -0.2) is 37.2 Å². The molecule has 0 aliphatic rings. The number of unbranched alkanes of at least 4 members (excludes halogenated alkanes) is 9. The third-order valence-electron chi connectivity index (χ3n) is 11.4. The van der Waals surface area contributed by atoms with Gasteiger partial charge in [0.25, 0.3) is 0 Å². The highest BCUT2D eigenvalue weighted by atomic mass is 16.6. The normalized spacial score (nSPS) is 13.5. The maximum absolute atomic E-state index is 12.8. The summed E-state index contributed by atoms with van der Waals surface area (Å²) in [4.78, 5) is 38.1. The molecule has 416 valence electrons. The average Bonchev–Trinajstić information content (AvgIpc) is 3.41. The third kappa shape index (κ3) is 59.3. The summed E-state index contributed by atoms with van der Waals surface area (Å²) in [5.41, 5.74) is 0. The van der Waals surface area contributed by atoms with Crippen molar-refractivity contribution in [2.75, 3.05) is 13.2 Å². The second kappa shape index (κ2) is 61.1. The van der Waals surface area contributed by atoms with Gasteiger partial charge in [0.1, 0.15) is 13.2 Å². The van der Waals surface area contributed by atoms with Crippen molar-refractivity contribution in [2.24, 2.45) is 0 Å². The lowest BCUT2D eigenvalue weighted by Gasteiger charge is -2.18. The van der Waals surface area contributed by atoms with Crippen molar-refractivity contribution < 1.29 is 28.6 Å². The molecule has 0 aliphatic carbocycles. The number of carbonyl (C=O) groups excluding carboxylic acids is 3. The molecule has 0 aromatic rings. The van der Waals surface area contributed by atoms with Crippen LogP contribution in [0.1, 0.15) is 213 Å². The molecule has 0 spiro atoms. The average molecular weight is 1030 g/mol. The maximum Gasteiger partial charge on any atom is 0.306 e. The highest BCUT2D eigenvalue weighted by Gasteiger charge is 2.19. The summed E-state index contributed by atoms with van der Waals surface area (Å²) < 4.78 is 16.7. The summed E-state index contributed by atoms with van der Waals surface area (Å²) in [7, 11) is 0. The SMILES string of the molecule is CC/C=C\C/C=C\C/C=C\C/C=C\C/C=C\C/C=C\C/C=C\C/C=C\C/C=C\CCCC(=O)OCC(COC(=O)CCCCCCC/C=C\CCCC)OC(=O)CCC/C=C\C/C=C\C/C=C\C/C=C\C/C=C\CC. The van der Waals surface area contributed by atoms with E-state index in [1.807, 2.05) is 0 Å². The molecule has 0 aromatic carbocycles. The van der Waals surface area contributed by atoms with Crippen LogP contribution in [0, 0.1) is 0 Å². The van der Waals surface area contributed by atoms with E-state index in [9.17, 15) is 14.4 Å². The van der Waals surface area contributed by atoms with Gasteiger partial charge in [-0.2, -0.15) is 0 Å². The van der Waals surface area contributed by atoms with Gasteiger partial charge in [-0.15, -0.1) is 0 Å². The number of esters is 3. The Morgan fingerprint density at radius 1 is 0.280 bits per heavy atom. The maximum atomic E-state index is 12.8. The number of hydrogen-bond donors (Lipinski definition) is 0. The summed E-state index contributed by atoms with van der Waals surface area (Å²) in [6, 6.07) is 0. The Kier molecular flexibility index (Phi) is 56.6. The Morgan fingerprint density at radius 3 is 0.880 bits per heavy atom. The quantitative estimate of drug-likeness (QED) is 0.0261. The largest absolute Gasteiger partial charge is 0.462 e. The molecule has 0 fully saturated rings. The number of hydrogen-bond acceptors (Lipinski definition) is 6. The molecule has 0 N–H and O–H groups in total. The first-order valence-corrected chi connectivity index (χ1v) is 29.3. The molecule has 1 atom stereocenters. The molecule has 0 amide bonds. The lowest BCUT2D eigenvalue weighted by atomic mass is 10.1. The molecule has 0 rings (SSSR count). The monoisotopic (exact) mass is 1030 g/mol. The van der Waals surface area contributed by atoms with E-state index in [0.717, 1.165) is 141 Å². The van der Waals surface area contributed by atoms with Crippen molar-refractivity contribution in [1.82, 2.24) is 0 Å². The van der Waals surface area contributed by atoms with Gasteiger partial charge in [-0.25, -0.2) is 0 Å². The molecule has 1 unspecified atom stereocenters. The fraction of sp³-hybridized carbons (Fsp3) is 0.522. The summed E-state index contributed by atoms with van der Waals surface area (Å²) in [5, 5.41) is 0. The van der Waals surface area contributed by atoms with Crippen molar-refractivity contribution in [3.8, 4) is 0 Å². The molecular weight excluding hydrogens is 925 g/mol. The number of allylic oxidation sites excluding steroid dienone is 30. The van der Waals surface area contributed by atoms with Gasteiger partial charge >= 0.3 is 17.9 Å². The highest BCUT2D eigenvalue weighted by molar-refractivity contribution is 5.71. The van der Waals surface area contributed by atoms with Crippen LogP contribution in [-0.2, 0) is 28.6 Å². The highest BCUT2D eigenvalue weighted by Crippen LogP contribution is 2.11. The van der Waals surface area contributed by atoms with E-state index in [1.54, 1.807) is 0 Å². The first kappa shape index (κ1) is 69.5. The van der Waals surface area contributed by atoms with Gasteiger partial charge in [-0.1, -0.05) is 235 Å². The third-order valence-corrected chi connectivity index (χ3v) is 11.4. The van der Waals surface area contributed by atoms with Crippen LogP contribution in [0.5, 0.6) is 0 Å². The fourth-order valence-electron chi connectivity index (χ4n) is 7.05. The Morgan fingerprint density at radius 2 is 0.533 bits per heavy atom. The zero-order chi connectivity index (χ0) is 54.3. The van der Waals surface area contributed by atoms with Gasteiger partial charge in [0, 0.05) is 19.3 Å². The van der Waals surface area contributed by atoms with Gasteiger partial charge in [0.05, 0.1) is 0 Å². The molecule has 0 aliphatic heterocycles. The second-order valence-electron chi connectivity index (χ2n) is 18.4. The number of rotatable bonds is 50. The van der Waals surface area contributed by atoms with Gasteiger partial charge in [0.15, 0.2) is 6.10 Å². The summed E-state index contributed by atoms with van der Waals surface area (Å²) in [6.45, 7) is 6.24. The zero-order valence-electron chi connectivity index (χ0n) is 47.5. The Balaban J connectivity index is 4.51. The van der Waals surface area contributed by atoms with Crippen LogP contribution < -0.4 is 0 Å². The molecule has 0 saturated carbocycles. The van der Waals surface area contributed by atoms with E-state index in [2.05, 4.69) is 203 Å². The number of carbonyl (C=O) groups is 3. The minimum absolute atomic E-state index is 0.132. The molecule has 0 aromatic heterocycles. The summed E-state index contributed by atoms with van der Waals surface area (Å²) in [5.74, 6) is -1.08. The minimum atomic E-state index is -0.845. The molecular formula is C69H104O6. The summed E-state index contributed by atoms with van der Waals surface area (Å²) in [6.07, 6.45) is 91.9. The first-order chi connectivity index (χ1) is 37.0. The van der Waals surface area contributed by atoms with Crippen LogP contribution in [0.4, 0.5) is 0 Å². The van der Waals surface area contributed by atoms with E-state index in [0.29, 0.717) is 19.3 Å². The lowest BCUT2D eigenvalue weighted by molar-refractivity contribution is -0.167. The summed E-state index contributed by atoms with van der Waals surface area (Å²) >= 11 is 0. The van der Waals surface area contributed by atoms with Gasteiger partial charge in [-0.3, -0.25) is 14.4 Å². The molecule has 0 bridgehead atoms. The molecule has 0 saturated heterocycles. The Labute approximate surface area is 459 Å². The lowest BCUT2D eigenvalue weighted by Crippen LogP contribution is -2.30. The van der Waals surface area contributed by atoms with Gasteiger partial charge < -0.3 is 14.2 Å². The fourth-order valence-corrected chi connectivity index (χ4v) is 7.05. The van der Waals surface area contributed by atoms with Crippen molar-refractivity contribution in [2.45, 2.75) is 219 Å². The zero-order valence-corrected chi connectivity index (χ0v) is 47.5. The van der Waals surface area contributed by atoms with Gasteiger partial charge in [-0.05, 0) is 141 Å². The van der Waals surface area contributed by atoms with Crippen LogP contribution >= 0.6 is 0 Å². The smallest absolute Gasteiger partial charge is 0.306 e. The van der Waals surface area contributed by atoms with Crippen molar-refractivity contribution >= 4 is 17.9 Å². The molecule has 75 heavy (non-hydrogen) atoms. The molecule has 0 heterocycles. The Bertz CT molecular complexity index is 1800. The molecule has 0 radical (unpaired) electrons. The topological polar surface area (TPSA) is 78.9 Å².